The Hall–Kier alpha value is -0.570. The molecule has 0 aliphatic rings. The van der Waals surface area contributed by atoms with E-state index in [0.29, 0.717) is 6.42 Å². The fraction of sp³-hybridized carbons (Fsp3) is 0.857. The van der Waals surface area contributed by atoms with Crippen LogP contribution in [-0.2, 0) is 9.53 Å². The zero-order valence-corrected chi connectivity index (χ0v) is 6.46. The second kappa shape index (κ2) is 5.23. The molecule has 1 unspecified atom stereocenters. The van der Waals surface area contributed by atoms with E-state index in [1.165, 1.54) is 6.92 Å². The van der Waals surface area contributed by atoms with E-state index in [2.05, 4.69) is 0 Å². The molecular formula is C7H14O3. The van der Waals surface area contributed by atoms with Crippen molar-refractivity contribution in [1.82, 2.24) is 0 Å². The summed E-state index contributed by atoms with van der Waals surface area (Å²) in [6.07, 6.45) is 1.36. The quantitative estimate of drug-likeness (QED) is 0.594. The second-order valence-electron chi connectivity index (χ2n) is 2.29. The van der Waals surface area contributed by atoms with Crippen molar-refractivity contribution in [3.63, 3.8) is 0 Å². The smallest absolute Gasteiger partial charge is 0.302 e. The maximum atomic E-state index is 10.3. The molecule has 0 saturated carbocycles. The molecule has 0 aromatic carbocycles. The molecular weight excluding hydrogens is 132 g/mol. The van der Waals surface area contributed by atoms with Crippen molar-refractivity contribution in [2.24, 2.45) is 0 Å². The lowest BCUT2D eigenvalue weighted by Crippen LogP contribution is -2.12. The minimum Gasteiger partial charge on any atom is -0.463 e. The van der Waals surface area contributed by atoms with E-state index in [1.807, 2.05) is 6.92 Å². The number of rotatable bonds is 4. The maximum absolute atomic E-state index is 10.3. The van der Waals surface area contributed by atoms with Crippen molar-refractivity contribution in [3.05, 3.63) is 0 Å². The van der Waals surface area contributed by atoms with Crippen LogP contribution in [0.15, 0.2) is 0 Å². The molecule has 0 saturated heterocycles. The highest BCUT2D eigenvalue weighted by Gasteiger charge is 2.03. The fourth-order valence-corrected chi connectivity index (χ4v) is 0.721. The molecule has 1 N–H and O–H groups in total. The maximum Gasteiger partial charge on any atom is 0.302 e. The predicted octanol–water partition coefficient (Wildman–Crippen LogP) is 0.710. The molecule has 0 fully saturated rings. The summed E-state index contributed by atoms with van der Waals surface area (Å²) < 4.78 is 4.80. The van der Waals surface area contributed by atoms with Crippen LogP contribution in [0.2, 0.25) is 0 Å². The van der Waals surface area contributed by atoms with E-state index in [1.54, 1.807) is 0 Å². The summed E-state index contributed by atoms with van der Waals surface area (Å²) in [5.74, 6) is -0.259. The van der Waals surface area contributed by atoms with Crippen LogP contribution in [0.1, 0.15) is 26.7 Å². The van der Waals surface area contributed by atoms with Gasteiger partial charge in [-0.15, -0.1) is 0 Å². The van der Waals surface area contributed by atoms with E-state index in [9.17, 15) is 4.79 Å². The second-order valence-corrected chi connectivity index (χ2v) is 2.29. The third-order valence-corrected chi connectivity index (χ3v) is 1.14. The molecule has 0 bridgehead atoms. The Balaban J connectivity index is 3.25. The van der Waals surface area contributed by atoms with Crippen molar-refractivity contribution in [2.45, 2.75) is 32.8 Å². The predicted molar refractivity (Wildman–Crippen MR) is 37.5 cm³/mol. The van der Waals surface area contributed by atoms with Crippen molar-refractivity contribution in [1.29, 1.82) is 0 Å². The normalized spacial score (nSPS) is 12.7. The topological polar surface area (TPSA) is 46.5 Å². The average molecular weight is 146 g/mol. The lowest BCUT2D eigenvalue weighted by atomic mass is 10.2. The molecule has 0 radical (unpaired) electrons. The highest BCUT2D eigenvalue weighted by Crippen LogP contribution is 2.00. The highest BCUT2D eigenvalue weighted by molar-refractivity contribution is 5.66. The van der Waals surface area contributed by atoms with Crippen molar-refractivity contribution in [3.8, 4) is 0 Å². The highest BCUT2D eigenvalue weighted by atomic mass is 16.5. The molecule has 3 heteroatoms. The number of ether oxygens (including phenoxy) is 1. The standard InChI is InChI=1S/C7H14O3/c1-6(4-3-5-8)10-7(2)9/h6,8H,3-5H2,1-2H3. The van der Waals surface area contributed by atoms with Gasteiger partial charge >= 0.3 is 5.97 Å². The number of hydrogen-bond acceptors (Lipinski definition) is 3. The zero-order chi connectivity index (χ0) is 7.98. The number of carbonyl (C=O) groups is 1. The minimum absolute atomic E-state index is 0.0651. The number of aliphatic hydroxyl groups is 1. The third-order valence-electron chi connectivity index (χ3n) is 1.14. The number of carbonyl (C=O) groups excluding carboxylic acids is 1. The average Bonchev–Trinajstić information content (AvgIpc) is 1.82. The van der Waals surface area contributed by atoms with Crippen LogP contribution >= 0.6 is 0 Å². The van der Waals surface area contributed by atoms with E-state index in [0.717, 1.165) is 6.42 Å². The van der Waals surface area contributed by atoms with Crippen LogP contribution < -0.4 is 0 Å². The molecule has 0 aromatic rings. The SMILES string of the molecule is CC(=O)OC(C)CCCO. The lowest BCUT2D eigenvalue weighted by molar-refractivity contribution is -0.145. The van der Waals surface area contributed by atoms with Gasteiger partial charge in [0.1, 0.15) is 0 Å². The van der Waals surface area contributed by atoms with Gasteiger partial charge in [-0.3, -0.25) is 4.79 Å². The van der Waals surface area contributed by atoms with Gasteiger partial charge in [0.25, 0.3) is 0 Å². The molecule has 0 amide bonds. The molecule has 0 aliphatic carbocycles. The van der Waals surface area contributed by atoms with Gasteiger partial charge in [-0.1, -0.05) is 0 Å². The summed E-state index contributed by atoms with van der Waals surface area (Å²) in [5, 5.41) is 8.41. The van der Waals surface area contributed by atoms with Gasteiger partial charge in [0.05, 0.1) is 6.10 Å². The summed E-state index contributed by atoms with van der Waals surface area (Å²) in [5.41, 5.74) is 0. The fourth-order valence-electron chi connectivity index (χ4n) is 0.721. The Kier molecular flexibility index (Phi) is 4.94. The van der Waals surface area contributed by atoms with Gasteiger partial charge in [0, 0.05) is 13.5 Å². The molecule has 60 valence electrons. The summed E-state index contributed by atoms with van der Waals surface area (Å²) in [7, 11) is 0. The molecule has 0 rings (SSSR count). The molecule has 1 atom stereocenters. The van der Waals surface area contributed by atoms with Gasteiger partial charge in [-0.2, -0.15) is 0 Å². The van der Waals surface area contributed by atoms with E-state index in [-0.39, 0.29) is 18.7 Å². The van der Waals surface area contributed by atoms with E-state index in [4.69, 9.17) is 9.84 Å². The Bertz CT molecular complexity index is 101. The summed E-state index contributed by atoms with van der Waals surface area (Å²) >= 11 is 0. The van der Waals surface area contributed by atoms with E-state index < -0.39 is 0 Å². The summed E-state index contributed by atoms with van der Waals surface area (Å²) in [6.45, 7) is 3.36. The largest absolute Gasteiger partial charge is 0.463 e. The molecule has 0 aliphatic heterocycles. The third kappa shape index (κ3) is 5.56. The minimum atomic E-state index is -0.259. The van der Waals surface area contributed by atoms with Crippen LogP contribution in [-0.4, -0.2) is 23.8 Å². The van der Waals surface area contributed by atoms with Gasteiger partial charge in [-0.05, 0) is 19.8 Å². The lowest BCUT2D eigenvalue weighted by Gasteiger charge is -2.09. The Morgan fingerprint density at radius 2 is 2.30 bits per heavy atom. The van der Waals surface area contributed by atoms with Crippen LogP contribution in [0.4, 0.5) is 0 Å². The molecule has 0 spiro atoms. The zero-order valence-electron chi connectivity index (χ0n) is 6.46. The molecule has 0 heterocycles. The Morgan fingerprint density at radius 1 is 1.70 bits per heavy atom. The Labute approximate surface area is 61.0 Å². The first-order valence-corrected chi connectivity index (χ1v) is 3.45. The van der Waals surface area contributed by atoms with Crippen molar-refractivity contribution in [2.75, 3.05) is 6.61 Å². The van der Waals surface area contributed by atoms with Crippen LogP contribution in [0.25, 0.3) is 0 Å². The summed E-state index contributed by atoms with van der Waals surface area (Å²) in [6, 6.07) is 0. The number of esters is 1. The Morgan fingerprint density at radius 3 is 2.70 bits per heavy atom. The molecule has 0 aromatic heterocycles. The van der Waals surface area contributed by atoms with Crippen LogP contribution in [0.3, 0.4) is 0 Å². The van der Waals surface area contributed by atoms with Gasteiger partial charge in [0.15, 0.2) is 0 Å². The van der Waals surface area contributed by atoms with E-state index >= 15 is 0 Å². The van der Waals surface area contributed by atoms with Crippen molar-refractivity contribution < 1.29 is 14.6 Å². The van der Waals surface area contributed by atoms with Gasteiger partial charge < -0.3 is 9.84 Å². The van der Waals surface area contributed by atoms with Gasteiger partial charge in [-0.25, -0.2) is 0 Å². The monoisotopic (exact) mass is 146 g/mol. The molecule has 3 nitrogen and oxygen atoms in total. The summed E-state index contributed by atoms with van der Waals surface area (Å²) in [4.78, 5) is 10.3. The first kappa shape index (κ1) is 9.43. The van der Waals surface area contributed by atoms with Gasteiger partial charge in [0.2, 0.25) is 0 Å². The first-order chi connectivity index (χ1) is 4.66. The van der Waals surface area contributed by atoms with Crippen molar-refractivity contribution >= 4 is 5.97 Å². The van der Waals surface area contributed by atoms with Crippen LogP contribution in [0, 0.1) is 0 Å². The number of aliphatic hydroxyl groups excluding tert-OH is 1. The molecule has 10 heavy (non-hydrogen) atoms. The first-order valence-electron chi connectivity index (χ1n) is 3.45. The van der Waals surface area contributed by atoms with Crippen LogP contribution in [0.5, 0.6) is 0 Å². The number of hydrogen-bond donors (Lipinski definition) is 1.